The van der Waals surface area contributed by atoms with Crippen LogP contribution in [0.4, 0.5) is 22.5 Å². The average molecular weight is 516 g/mol. The van der Waals surface area contributed by atoms with Crippen molar-refractivity contribution in [3.63, 3.8) is 0 Å². The van der Waals surface area contributed by atoms with Gasteiger partial charge in [0, 0.05) is 38.8 Å². The zero-order valence-electron chi connectivity index (χ0n) is 19.4. The van der Waals surface area contributed by atoms with Crippen LogP contribution in [0.1, 0.15) is 27.5 Å². The molecule has 12 heteroatoms. The SMILES string of the molecule is Cc1nc(Nc2ncc(C(=O)Nc3c(C)cccc3Cl)s2)cc(N2CCN(CCC(=O)O)CC2)n1. The van der Waals surface area contributed by atoms with Crippen molar-refractivity contribution in [3.05, 3.63) is 51.7 Å². The molecule has 1 aromatic carbocycles. The molecule has 3 heterocycles. The molecule has 10 nitrogen and oxygen atoms in total. The van der Waals surface area contributed by atoms with Crippen LogP contribution in [0, 0.1) is 13.8 Å². The van der Waals surface area contributed by atoms with Gasteiger partial charge in [-0.05, 0) is 25.5 Å². The van der Waals surface area contributed by atoms with Crippen molar-refractivity contribution in [2.45, 2.75) is 20.3 Å². The van der Waals surface area contributed by atoms with Crippen LogP contribution in [0.15, 0.2) is 30.5 Å². The van der Waals surface area contributed by atoms with E-state index in [4.69, 9.17) is 16.7 Å². The first-order valence-corrected chi connectivity index (χ1v) is 12.3. The second-order valence-corrected chi connectivity index (χ2v) is 9.61. The van der Waals surface area contributed by atoms with Crippen LogP contribution < -0.4 is 15.5 Å². The third-order valence-electron chi connectivity index (χ3n) is 5.59. The van der Waals surface area contributed by atoms with Crippen molar-refractivity contribution in [2.24, 2.45) is 0 Å². The van der Waals surface area contributed by atoms with Crippen molar-refractivity contribution in [1.29, 1.82) is 0 Å². The van der Waals surface area contributed by atoms with Gasteiger partial charge >= 0.3 is 5.97 Å². The first-order valence-electron chi connectivity index (χ1n) is 11.1. The van der Waals surface area contributed by atoms with Crippen LogP contribution in [-0.2, 0) is 4.79 Å². The second-order valence-electron chi connectivity index (χ2n) is 8.17. The summed E-state index contributed by atoms with van der Waals surface area (Å²) in [6, 6.07) is 7.30. The summed E-state index contributed by atoms with van der Waals surface area (Å²) in [5, 5.41) is 15.9. The van der Waals surface area contributed by atoms with E-state index in [9.17, 15) is 9.59 Å². The summed E-state index contributed by atoms with van der Waals surface area (Å²) >= 11 is 7.44. The van der Waals surface area contributed by atoms with Crippen LogP contribution in [-0.4, -0.2) is 69.6 Å². The topological polar surface area (TPSA) is 124 Å². The Kier molecular flexibility index (Phi) is 7.79. The lowest BCUT2D eigenvalue weighted by Gasteiger charge is -2.35. The zero-order valence-corrected chi connectivity index (χ0v) is 21.0. The average Bonchev–Trinajstić information content (AvgIpc) is 3.28. The molecule has 1 aliphatic heterocycles. The summed E-state index contributed by atoms with van der Waals surface area (Å²) in [6.07, 6.45) is 1.66. The minimum atomic E-state index is -0.781. The lowest BCUT2D eigenvalue weighted by atomic mass is 10.2. The number of halogens is 1. The van der Waals surface area contributed by atoms with Crippen molar-refractivity contribution in [2.75, 3.05) is 48.3 Å². The molecule has 0 bridgehead atoms. The Morgan fingerprint density at radius 1 is 1.17 bits per heavy atom. The van der Waals surface area contributed by atoms with Crippen LogP contribution in [0.3, 0.4) is 0 Å². The number of hydrogen-bond donors (Lipinski definition) is 3. The maximum Gasteiger partial charge on any atom is 0.304 e. The van der Waals surface area contributed by atoms with Gasteiger partial charge in [-0.2, -0.15) is 0 Å². The van der Waals surface area contributed by atoms with Gasteiger partial charge in [0.1, 0.15) is 22.3 Å². The lowest BCUT2D eigenvalue weighted by molar-refractivity contribution is -0.137. The molecule has 1 aliphatic rings. The van der Waals surface area contributed by atoms with E-state index >= 15 is 0 Å². The summed E-state index contributed by atoms with van der Waals surface area (Å²) in [6.45, 7) is 7.30. The molecule has 184 valence electrons. The summed E-state index contributed by atoms with van der Waals surface area (Å²) in [7, 11) is 0. The number of carboxylic acid groups (broad SMARTS) is 1. The molecule has 0 radical (unpaired) electrons. The second kappa shape index (κ2) is 11.0. The summed E-state index contributed by atoms with van der Waals surface area (Å²) in [5.41, 5.74) is 1.46. The third-order valence-corrected chi connectivity index (χ3v) is 6.81. The van der Waals surface area contributed by atoms with Gasteiger partial charge in [0.2, 0.25) is 0 Å². The Labute approximate surface area is 212 Å². The first kappa shape index (κ1) is 24.8. The summed E-state index contributed by atoms with van der Waals surface area (Å²) in [4.78, 5) is 41.6. The number of carbonyl (C=O) groups excluding carboxylic acids is 1. The molecule has 1 fully saturated rings. The Hall–Kier alpha value is -3.28. The fourth-order valence-corrected chi connectivity index (χ4v) is 4.73. The molecule has 3 N–H and O–H groups in total. The molecule has 0 aliphatic carbocycles. The van der Waals surface area contributed by atoms with E-state index in [1.165, 1.54) is 17.5 Å². The Morgan fingerprint density at radius 2 is 1.94 bits per heavy atom. The Morgan fingerprint density at radius 3 is 2.66 bits per heavy atom. The number of carbonyl (C=O) groups is 2. The van der Waals surface area contributed by atoms with E-state index in [2.05, 4.69) is 35.4 Å². The highest BCUT2D eigenvalue weighted by atomic mass is 35.5. The number of hydrogen-bond acceptors (Lipinski definition) is 9. The molecule has 1 amide bonds. The number of amides is 1. The Bertz CT molecular complexity index is 1210. The van der Waals surface area contributed by atoms with Crippen LogP contribution in [0.5, 0.6) is 0 Å². The van der Waals surface area contributed by atoms with Crippen LogP contribution >= 0.6 is 22.9 Å². The molecule has 0 atom stereocenters. The van der Waals surface area contributed by atoms with Gasteiger partial charge in [-0.25, -0.2) is 15.0 Å². The maximum absolute atomic E-state index is 12.7. The normalized spacial score (nSPS) is 14.1. The molecule has 35 heavy (non-hydrogen) atoms. The van der Waals surface area contributed by atoms with E-state index in [-0.39, 0.29) is 12.3 Å². The molecule has 4 rings (SSSR count). The first-order chi connectivity index (χ1) is 16.8. The summed E-state index contributed by atoms with van der Waals surface area (Å²) < 4.78 is 0. The molecule has 3 aromatic rings. The molecular formula is C23H26ClN7O3S. The largest absolute Gasteiger partial charge is 0.481 e. The summed E-state index contributed by atoms with van der Waals surface area (Å²) in [5.74, 6) is 0.927. The number of anilines is 4. The molecule has 2 aromatic heterocycles. The number of aromatic nitrogens is 3. The minimum absolute atomic E-state index is 0.145. The fraction of sp³-hybridized carbons (Fsp3) is 0.348. The van der Waals surface area contributed by atoms with E-state index in [1.54, 1.807) is 6.07 Å². The number of nitrogens with zero attached hydrogens (tertiary/aromatic N) is 5. The van der Waals surface area contributed by atoms with Crippen LogP contribution in [0.25, 0.3) is 0 Å². The monoisotopic (exact) mass is 515 g/mol. The number of aryl methyl sites for hydroxylation is 2. The van der Waals surface area contributed by atoms with Crippen molar-refractivity contribution in [1.82, 2.24) is 19.9 Å². The van der Waals surface area contributed by atoms with E-state index < -0.39 is 5.97 Å². The fourth-order valence-electron chi connectivity index (χ4n) is 3.74. The lowest BCUT2D eigenvalue weighted by Crippen LogP contribution is -2.47. The Balaban J connectivity index is 1.40. The van der Waals surface area contributed by atoms with Gasteiger partial charge in [-0.1, -0.05) is 35.1 Å². The number of benzene rings is 1. The third kappa shape index (κ3) is 6.44. The van der Waals surface area contributed by atoms with Crippen molar-refractivity contribution < 1.29 is 14.7 Å². The zero-order chi connectivity index (χ0) is 24.9. The van der Waals surface area contributed by atoms with Gasteiger partial charge in [-0.15, -0.1) is 0 Å². The molecule has 0 unspecified atom stereocenters. The molecule has 1 saturated heterocycles. The molecule has 0 spiro atoms. The highest BCUT2D eigenvalue weighted by Crippen LogP contribution is 2.28. The van der Waals surface area contributed by atoms with Gasteiger partial charge in [-0.3, -0.25) is 14.5 Å². The molecule has 0 saturated carbocycles. The number of piperazine rings is 1. The van der Waals surface area contributed by atoms with Crippen molar-refractivity contribution >= 4 is 57.3 Å². The van der Waals surface area contributed by atoms with E-state index in [0.717, 1.165) is 37.6 Å². The quantitative estimate of drug-likeness (QED) is 0.411. The number of carboxylic acids is 1. The molecular weight excluding hydrogens is 490 g/mol. The number of thiazole rings is 1. The number of aliphatic carboxylic acids is 1. The van der Waals surface area contributed by atoms with Gasteiger partial charge < -0.3 is 20.6 Å². The van der Waals surface area contributed by atoms with E-state index in [0.29, 0.717) is 38.9 Å². The van der Waals surface area contributed by atoms with E-state index in [1.807, 2.05) is 32.0 Å². The number of nitrogens with one attached hydrogen (secondary N) is 2. The highest BCUT2D eigenvalue weighted by Gasteiger charge is 2.20. The maximum atomic E-state index is 12.7. The number of para-hydroxylation sites is 1. The van der Waals surface area contributed by atoms with Gasteiger partial charge in [0.15, 0.2) is 5.13 Å². The number of rotatable bonds is 8. The van der Waals surface area contributed by atoms with Gasteiger partial charge in [0.25, 0.3) is 5.91 Å². The van der Waals surface area contributed by atoms with Crippen LogP contribution in [0.2, 0.25) is 5.02 Å². The highest BCUT2D eigenvalue weighted by molar-refractivity contribution is 7.17. The standard InChI is InChI=1S/C23H26ClN7O3S/c1-14-4-3-5-16(24)21(14)29-22(34)17-13-25-23(35-17)28-18-12-19(27-15(2)26-18)31-10-8-30(9-11-31)7-6-20(32)33/h3-5,12-13H,6-11H2,1-2H3,(H,29,34)(H,32,33)(H,25,26,27,28). The minimum Gasteiger partial charge on any atom is -0.481 e. The smallest absolute Gasteiger partial charge is 0.304 e. The predicted octanol–water partition coefficient (Wildman–Crippen LogP) is 3.80. The van der Waals surface area contributed by atoms with Crippen molar-refractivity contribution in [3.8, 4) is 0 Å². The van der Waals surface area contributed by atoms with Gasteiger partial charge in [0.05, 0.1) is 23.3 Å². The predicted molar refractivity (Wildman–Crippen MR) is 137 cm³/mol.